The first-order chi connectivity index (χ1) is 16.1. The second-order valence-corrected chi connectivity index (χ2v) is 8.88. The number of nitrogen functional groups attached to an aromatic ring is 1. The van der Waals surface area contributed by atoms with E-state index in [0.717, 1.165) is 24.9 Å². The van der Waals surface area contributed by atoms with Crippen LogP contribution in [0.4, 0.5) is 11.8 Å². The summed E-state index contributed by atoms with van der Waals surface area (Å²) in [7, 11) is 0. The summed E-state index contributed by atoms with van der Waals surface area (Å²) in [4.78, 5) is 24.5. The van der Waals surface area contributed by atoms with E-state index in [2.05, 4.69) is 51.4 Å². The van der Waals surface area contributed by atoms with Gasteiger partial charge in [0.05, 0.1) is 12.1 Å². The molecule has 0 bridgehead atoms. The third kappa shape index (κ3) is 5.69. The van der Waals surface area contributed by atoms with Crippen LogP contribution in [0.2, 0.25) is 0 Å². The molecule has 1 aromatic carbocycles. The van der Waals surface area contributed by atoms with Gasteiger partial charge in [-0.3, -0.25) is 9.69 Å². The van der Waals surface area contributed by atoms with Crippen molar-refractivity contribution in [3.8, 4) is 0 Å². The molecule has 1 atom stereocenters. The summed E-state index contributed by atoms with van der Waals surface area (Å²) < 4.78 is 1.68. The van der Waals surface area contributed by atoms with Crippen molar-refractivity contribution < 1.29 is 5.11 Å². The van der Waals surface area contributed by atoms with Crippen molar-refractivity contribution in [1.29, 1.82) is 0 Å². The van der Waals surface area contributed by atoms with E-state index in [4.69, 9.17) is 5.73 Å². The number of rotatable bonds is 10. The van der Waals surface area contributed by atoms with Crippen molar-refractivity contribution in [3.63, 3.8) is 0 Å². The molecule has 8 nitrogen and oxygen atoms in total. The van der Waals surface area contributed by atoms with Gasteiger partial charge in [0.2, 0.25) is 5.95 Å². The van der Waals surface area contributed by atoms with Crippen LogP contribution in [0.1, 0.15) is 50.2 Å². The van der Waals surface area contributed by atoms with Gasteiger partial charge in [-0.05, 0) is 56.0 Å². The monoisotopic (exact) mass is 450 g/mol. The lowest BCUT2D eigenvalue weighted by molar-refractivity contribution is 0.276. The minimum atomic E-state index is -0.157. The van der Waals surface area contributed by atoms with Crippen LogP contribution in [0.5, 0.6) is 0 Å². The summed E-state index contributed by atoms with van der Waals surface area (Å²) in [6.07, 6.45) is 6.72. The third-order valence-corrected chi connectivity index (χ3v) is 6.28. The normalized spacial score (nSPS) is 15.2. The average molecular weight is 451 g/mol. The molecule has 2 aromatic heterocycles. The first-order valence-corrected chi connectivity index (χ1v) is 11.9. The fraction of sp³-hybridized carbons (Fsp3) is 0.480. The molecule has 0 spiro atoms. The van der Waals surface area contributed by atoms with Gasteiger partial charge in [-0.15, -0.1) is 0 Å². The summed E-state index contributed by atoms with van der Waals surface area (Å²) in [5, 5.41) is 13.2. The van der Waals surface area contributed by atoms with Crippen LogP contribution in [0.25, 0.3) is 10.9 Å². The Hall–Kier alpha value is -2.97. The minimum Gasteiger partial charge on any atom is -0.396 e. The molecule has 3 heterocycles. The molecular formula is C25H34N6O2. The molecule has 8 heteroatoms. The van der Waals surface area contributed by atoms with Gasteiger partial charge in [0, 0.05) is 25.4 Å². The molecular weight excluding hydrogens is 416 g/mol. The number of anilines is 2. The quantitative estimate of drug-likeness (QED) is 0.436. The molecule has 176 valence electrons. The second kappa shape index (κ2) is 10.8. The van der Waals surface area contributed by atoms with Crippen molar-refractivity contribution >= 4 is 22.7 Å². The summed E-state index contributed by atoms with van der Waals surface area (Å²) in [6.45, 7) is 5.95. The van der Waals surface area contributed by atoms with Crippen molar-refractivity contribution in [1.82, 2.24) is 19.4 Å². The first kappa shape index (κ1) is 23.2. The van der Waals surface area contributed by atoms with Gasteiger partial charge in [0.25, 0.3) is 5.56 Å². The third-order valence-electron chi connectivity index (χ3n) is 6.28. The van der Waals surface area contributed by atoms with E-state index in [-0.39, 0.29) is 24.2 Å². The number of aromatic nitrogens is 3. The van der Waals surface area contributed by atoms with Crippen molar-refractivity contribution in [2.45, 2.75) is 58.2 Å². The Balaban J connectivity index is 1.59. The molecule has 1 aliphatic rings. The van der Waals surface area contributed by atoms with Gasteiger partial charge >= 0.3 is 0 Å². The molecule has 3 aromatic rings. The zero-order chi connectivity index (χ0) is 23.2. The number of nitrogens with zero attached hydrogens (tertiary/aromatic N) is 4. The van der Waals surface area contributed by atoms with Crippen LogP contribution in [0.15, 0.2) is 41.3 Å². The highest BCUT2D eigenvalue weighted by atomic mass is 16.3. The molecule has 4 N–H and O–H groups in total. The van der Waals surface area contributed by atoms with Crippen LogP contribution in [-0.2, 0) is 13.1 Å². The standard InChI is InChI=1S/C25H34N6O2/c1-2-5-20(11-15-32)27-23-22-21(28-25(26)29-23)10-14-31(24(22)33)17-19-8-6-18(7-9-19)16-30-12-3-4-13-30/h6-10,14,20,32H,2-5,11-13,15-17H2,1H3,(H3,26,27,28,29). The number of hydrogen-bond acceptors (Lipinski definition) is 7. The van der Waals surface area contributed by atoms with E-state index in [0.29, 0.717) is 29.7 Å². The Morgan fingerprint density at radius 1 is 1.06 bits per heavy atom. The predicted molar refractivity (Wildman–Crippen MR) is 132 cm³/mol. The number of aliphatic hydroxyl groups excluding tert-OH is 1. The molecule has 0 aliphatic carbocycles. The highest BCUT2D eigenvalue weighted by Crippen LogP contribution is 2.21. The largest absolute Gasteiger partial charge is 0.396 e. The van der Waals surface area contributed by atoms with Gasteiger partial charge in [0.15, 0.2) is 0 Å². The fourth-order valence-electron chi connectivity index (χ4n) is 4.56. The molecule has 1 fully saturated rings. The van der Waals surface area contributed by atoms with Crippen molar-refractivity contribution in [2.75, 3.05) is 30.7 Å². The summed E-state index contributed by atoms with van der Waals surface area (Å²) in [5.41, 5.74) is 8.64. The maximum absolute atomic E-state index is 13.4. The van der Waals surface area contributed by atoms with Gasteiger partial charge in [0.1, 0.15) is 11.2 Å². The number of benzene rings is 1. The zero-order valence-electron chi connectivity index (χ0n) is 19.3. The molecule has 1 unspecified atom stereocenters. The van der Waals surface area contributed by atoms with Gasteiger partial charge in [-0.2, -0.15) is 4.98 Å². The molecule has 0 amide bonds. The molecule has 1 aliphatic heterocycles. The average Bonchev–Trinajstić information content (AvgIpc) is 3.30. The second-order valence-electron chi connectivity index (χ2n) is 8.88. The molecule has 1 saturated heterocycles. The maximum atomic E-state index is 13.4. The van der Waals surface area contributed by atoms with Crippen molar-refractivity contribution in [3.05, 3.63) is 58.0 Å². The minimum absolute atomic E-state index is 0.00806. The Morgan fingerprint density at radius 3 is 2.42 bits per heavy atom. The van der Waals surface area contributed by atoms with Crippen LogP contribution >= 0.6 is 0 Å². The number of aliphatic hydroxyl groups is 1. The number of pyridine rings is 1. The smallest absolute Gasteiger partial charge is 0.264 e. The fourth-order valence-corrected chi connectivity index (χ4v) is 4.56. The lowest BCUT2D eigenvalue weighted by Crippen LogP contribution is -2.26. The number of nitrogens with two attached hydrogens (primary N) is 1. The van der Waals surface area contributed by atoms with E-state index in [1.807, 2.05) is 6.07 Å². The lowest BCUT2D eigenvalue weighted by Gasteiger charge is -2.19. The Morgan fingerprint density at radius 2 is 1.76 bits per heavy atom. The van der Waals surface area contributed by atoms with Gasteiger partial charge in [-0.25, -0.2) is 4.98 Å². The van der Waals surface area contributed by atoms with E-state index in [1.54, 1.807) is 10.8 Å². The van der Waals surface area contributed by atoms with E-state index < -0.39 is 0 Å². The zero-order valence-corrected chi connectivity index (χ0v) is 19.3. The van der Waals surface area contributed by atoms with Gasteiger partial charge in [-0.1, -0.05) is 37.6 Å². The van der Waals surface area contributed by atoms with Gasteiger partial charge < -0.3 is 20.7 Å². The predicted octanol–water partition coefficient (Wildman–Crippen LogP) is 2.98. The Kier molecular flexibility index (Phi) is 7.57. The highest BCUT2D eigenvalue weighted by Gasteiger charge is 2.16. The van der Waals surface area contributed by atoms with E-state index in [1.165, 1.54) is 31.5 Å². The van der Waals surface area contributed by atoms with Crippen molar-refractivity contribution in [2.24, 2.45) is 0 Å². The maximum Gasteiger partial charge on any atom is 0.264 e. The topological polar surface area (TPSA) is 109 Å². The number of likely N-dealkylation sites (tertiary alicyclic amines) is 1. The summed E-state index contributed by atoms with van der Waals surface area (Å²) in [5.74, 6) is 0.555. The Bertz CT molecular complexity index is 1120. The van der Waals surface area contributed by atoms with E-state index >= 15 is 0 Å². The lowest BCUT2D eigenvalue weighted by atomic mass is 10.1. The first-order valence-electron chi connectivity index (χ1n) is 11.9. The number of hydrogen-bond donors (Lipinski definition) is 3. The number of fused-ring (bicyclic) bond motifs is 1. The molecule has 4 rings (SSSR count). The van der Waals surface area contributed by atoms with E-state index in [9.17, 15) is 9.90 Å². The Labute approximate surface area is 194 Å². The summed E-state index contributed by atoms with van der Waals surface area (Å²) in [6, 6.07) is 10.3. The van der Waals surface area contributed by atoms with Crippen LogP contribution < -0.4 is 16.6 Å². The molecule has 33 heavy (non-hydrogen) atoms. The molecule has 0 saturated carbocycles. The van der Waals surface area contributed by atoms with Crippen LogP contribution in [0.3, 0.4) is 0 Å². The molecule has 0 radical (unpaired) electrons. The van der Waals surface area contributed by atoms with Crippen LogP contribution in [-0.4, -0.2) is 50.3 Å². The van der Waals surface area contributed by atoms with Crippen LogP contribution in [0, 0.1) is 0 Å². The summed E-state index contributed by atoms with van der Waals surface area (Å²) >= 11 is 0. The highest BCUT2D eigenvalue weighted by molar-refractivity contribution is 5.89. The number of nitrogens with one attached hydrogen (secondary N) is 1. The SMILES string of the molecule is CCCC(CCO)Nc1nc(N)nc2ccn(Cc3ccc(CN4CCCC4)cc3)c(=O)c12.